The number of rotatable bonds is 2. The third kappa shape index (κ3) is 3.08. The fourth-order valence-corrected chi connectivity index (χ4v) is 2.15. The Morgan fingerprint density at radius 2 is 2.05 bits per heavy atom. The summed E-state index contributed by atoms with van der Waals surface area (Å²) in [6.45, 7) is 1.96. The lowest BCUT2D eigenvalue weighted by atomic mass is 10.1. The Morgan fingerprint density at radius 3 is 2.74 bits per heavy atom. The van der Waals surface area contributed by atoms with E-state index in [4.69, 9.17) is 17.3 Å². The number of nitrogen functional groups attached to an aromatic ring is 1. The minimum Gasteiger partial charge on any atom is -0.398 e. The fourth-order valence-electron chi connectivity index (χ4n) is 1.61. The van der Waals surface area contributed by atoms with E-state index in [1.807, 2.05) is 25.1 Å². The van der Waals surface area contributed by atoms with E-state index in [-0.39, 0.29) is 5.91 Å². The van der Waals surface area contributed by atoms with Crippen molar-refractivity contribution in [3.05, 3.63) is 57.0 Å². The molecule has 5 heteroatoms. The van der Waals surface area contributed by atoms with E-state index in [9.17, 15) is 4.79 Å². The van der Waals surface area contributed by atoms with Gasteiger partial charge in [0, 0.05) is 10.0 Å². The number of benzene rings is 2. The van der Waals surface area contributed by atoms with Gasteiger partial charge in [0.2, 0.25) is 0 Å². The number of carbonyl (C=O) groups excluding carboxylic acids is 1. The van der Waals surface area contributed by atoms with Gasteiger partial charge in [-0.3, -0.25) is 4.79 Å². The summed E-state index contributed by atoms with van der Waals surface area (Å²) < 4.78 is 0.866. The minimum atomic E-state index is -0.229. The molecule has 0 saturated heterocycles. The van der Waals surface area contributed by atoms with Crippen molar-refractivity contribution >= 4 is 44.8 Å². The van der Waals surface area contributed by atoms with Crippen LogP contribution in [0.2, 0.25) is 5.02 Å². The first-order chi connectivity index (χ1) is 8.99. The van der Waals surface area contributed by atoms with Crippen LogP contribution in [0.4, 0.5) is 11.4 Å². The van der Waals surface area contributed by atoms with Crippen LogP contribution in [0, 0.1) is 6.92 Å². The highest BCUT2D eigenvalue weighted by Crippen LogP contribution is 2.27. The smallest absolute Gasteiger partial charge is 0.255 e. The maximum atomic E-state index is 12.1. The number of nitrogens with two attached hydrogens (primary N) is 1. The molecule has 0 aliphatic rings. The van der Waals surface area contributed by atoms with E-state index in [1.165, 1.54) is 0 Å². The number of aryl methyl sites for hydroxylation is 1. The molecule has 2 rings (SSSR count). The zero-order valence-electron chi connectivity index (χ0n) is 10.2. The van der Waals surface area contributed by atoms with Crippen LogP contribution >= 0.6 is 27.5 Å². The second-order valence-corrected chi connectivity index (χ2v) is 5.33. The monoisotopic (exact) mass is 338 g/mol. The average Bonchev–Trinajstić information content (AvgIpc) is 2.38. The number of hydrogen-bond acceptors (Lipinski definition) is 2. The van der Waals surface area contributed by atoms with Crippen molar-refractivity contribution in [1.82, 2.24) is 0 Å². The minimum absolute atomic E-state index is 0.229. The van der Waals surface area contributed by atoms with Crippen molar-refractivity contribution in [1.29, 1.82) is 0 Å². The maximum absolute atomic E-state index is 12.1. The first-order valence-electron chi connectivity index (χ1n) is 5.60. The second kappa shape index (κ2) is 5.63. The van der Waals surface area contributed by atoms with Gasteiger partial charge in [-0.15, -0.1) is 0 Å². The molecule has 0 saturated carbocycles. The van der Waals surface area contributed by atoms with Gasteiger partial charge in [0.25, 0.3) is 5.91 Å². The molecular weight excluding hydrogens is 328 g/mol. The van der Waals surface area contributed by atoms with E-state index in [0.29, 0.717) is 16.3 Å². The molecule has 3 N–H and O–H groups in total. The Bertz CT molecular complexity index is 643. The molecule has 3 nitrogen and oxygen atoms in total. The number of halogens is 2. The van der Waals surface area contributed by atoms with Crippen LogP contribution in [-0.4, -0.2) is 5.91 Å². The van der Waals surface area contributed by atoms with E-state index in [0.717, 1.165) is 15.7 Å². The number of carbonyl (C=O) groups is 1. The van der Waals surface area contributed by atoms with Crippen LogP contribution in [0.1, 0.15) is 15.9 Å². The molecule has 0 aliphatic carbocycles. The molecule has 0 bridgehead atoms. The average molecular weight is 340 g/mol. The third-order valence-electron chi connectivity index (χ3n) is 2.70. The van der Waals surface area contributed by atoms with Gasteiger partial charge in [0.1, 0.15) is 0 Å². The van der Waals surface area contributed by atoms with Crippen LogP contribution in [0.15, 0.2) is 40.9 Å². The zero-order chi connectivity index (χ0) is 14.0. The van der Waals surface area contributed by atoms with Crippen LogP contribution in [0.3, 0.4) is 0 Å². The van der Waals surface area contributed by atoms with Crippen LogP contribution in [-0.2, 0) is 0 Å². The predicted octanol–water partition coefficient (Wildman–Crippen LogP) is 4.25. The van der Waals surface area contributed by atoms with Crippen molar-refractivity contribution in [2.45, 2.75) is 6.92 Å². The number of nitrogens with one attached hydrogen (secondary N) is 1. The molecule has 0 radical (unpaired) electrons. The van der Waals surface area contributed by atoms with Gasteiger partial charge in [-0.05, 0) is 52.7 Å². The van der Waals surface area contributed by atoms with Gasteiger partial charge in [-0.1, -0.05) is 23.7 Å². The Hall–Kier alpha value is -1.52. The largest absolute Gasteiger partial charge is 0.398 e. The highest BCUT2D eigenvalue weighted by Gasteiger charge is 2.10. The van der Waals surface area contributed by atoms with Gasteiger partial charge >= 0.3 is 0 Å². The lowest BCUT2D eigenvalue weighted by Gasteiger charge is -2.09. The molecule has 0 fully saturated rings. The van der Waals surface area contributed by atoms with Crippen LogP contribution < -0.4 is 11.1 Å². The molecule has 0 unspecified atom stereocenters. The zero-order valence-corrected chi connectivity index (χ0v) is 12.5. The standard InChI is InChI=1S/C14H12BrClN2O/c1-8-3-2-4-12(13(8)15)18-14(19)9-5-6-11(17)10(16)7-9/h2-7H,17H2,1H3,(H,18,19). The van der Waals surface area contributed by atoms with Crippen molar-refractivity contribution < 1.29 is 4.79 Å². The quantitative estimate of drug-likeness (QED) is 0.804. The molecule has 19 heavy (non-hydrogen) atoms. The molecule has 98 valence electrons. The molecule has 2 aromatic rings. The number of hydrogen-bond donors (Lipinski definition) is 2. The Balaban J connectivity index is 2.26. The summed E-state index contributed by atoms with van der Waals surface area (Å²) in [6.07, 6.45) is 0. The fraction of sp³-hybridized carbons (Fsp3) is 0.0714. The Kier molecular flexibility index (Phi) is 4.12. The molecule has 0 aromatic heterocycles. The second-order valence-electron chi connectivity index (χ2n) is 4.13. The van der Waals surface area contributed by atoms with E-state index >= 15 is 0 Å². The summed E-state index contributed by atoms with van der Waals surface area (Å²) in [5, 5.41) is 3.20. The molecule has 0 spiro atoms. The van der Waals surface area contributed by atoms with E-state index < -0.39 is 0 Å². The van der Waals surface area contributed by atoms with Gasteiger partial charge in [0.15, 0.2) is 0 Å². The molecular formula is C14H12BrClN2O. The Labute approximate surface area is 124 Å². The summed E-state index contributed by atoms with van der Waals surface area (Å²) in [4.78, 5) is 12.1. The maximum Gasteiger partial charge on any atom is 0.255 e. The van der Waals surface area contributed by atoms with Gasteiger partial charge in [-0.2, -0.15) is 0 Å². The predicted molar refractivity (Wildman–Crippen MR) is 82.7 cm³/mol. The van der Waals surface area contributed by atoms with Gasteiger partial charge in [-0.25, -0.2) is 0 Å². The number of anilines is 2. The normalized spacial score (nSPS) is 10.3. The summed E-state index contributed by atoms with van der Waals surface area (Å²) in [7, 11) is 0. The molecule has 0 heterocycles. The van der Waals surface area contributed by atoms with Crippen molar-refractivity contribution in [2.24, 2.45) is 0 Å². The summed E-state index contributed by atoms with van der Waals surface area (Å²) in [5.41, 5.74) is 8.30. The molecule has 0 aliphatic heterocycles. The van der Waals surface area contributed by atoms with Gasteiger partial charge in [0.05, 0.1) is 16.4 Å². The summed E-state index contributed by atoms with van der Waals surface area (Å²) >= 11 is 9.35. The van der Waals surface area contributed by atoms with Crippen molar-refractivity contribution in [2.75, 3.05) is 11.1 Å². The molecule has 0 atom stereocenters. The van der Waals surface area contributed by atoms with Crippen LogP contribution in [0.25, 0.3) is 0 Å². The van der Waals surface area contributed by atoms with Crippen LogP contribution in [0.5, 0.6) is 0 Å². The summed E-state index contributed by atoms with van der Waals surface area (Å²) in [6, 6.07) is 10.5. The lowest BCUT2D eigenvalue weighted by molar-refractivity contribution is 0.102. The third-order valence-corrected chi connectivity index (χ3v) is 4.08. The highest BCUT2D eigenvalue weighted by molar-refractivity contribution is 9.10. The first kappa shape index (κ1) is 13.9. The van der Waals surface area contributed by atoms with E-state index in [2.05, 4.69) is 21.2 Å². The Morgan fingerprint density at radius 1 is 1.32 bits per heavy atom. The first-order valence-corrected chi connectivity index (χ1v) is 6.77. The topological polar surface area (TPSA) is 55.1 Å². The molecule has 2 aromatic carbocycles. The molecule has 1 amide bonds. The van der Waals surface area contributed by atoms with Crippen molar-refractivity contribution in [3.63, 3.8) is 0 Å². The van der Waals surface area contributed by atoms with Gasteiger partial charge < -0.3 is 11.1 Å². The summed E-state index contributed by atoms with van der Waals surface area (Å²) in [5.74, 6) is -0.229. The van der Waals surface area contributed by atoms with E-state index in [1.54, 1.807) is 18.2 Å². The van der Waals surface area contributed by atoms with Crippen molar-refractivity contribution in [3.8, 4) is 0 Å². The highest BCUT2D eigenvalue weighted by atomic mass is 79.9. The number of amides is 1. The SMILES string of the molecule is Cc1cccc(NC(=O)c2ccc(N)c(Cl)c2)c1Br. The lowest BCUT2D eigenvalue weighted by Crippen LogP contribution is -2.12.